The highest BCUT2D eigenvalue weighted by atomic mass is 35.5. The molecule has 3 rings (SSSR count). The Balaban J connectivity index is 0.00000225. The summed E-state index contributed by atoms with van der Waals surface area (Å²) in [5, 5.41) is 10.1. The third-order valence-electron chi connectivity index (χ3n) is 4.79. The smallest absolute Gasteiger partial charge is 0.272 e. The van der Waals surface area contributed by atoms with Crippen molar-refractivity contribution >= 4 is 18.3 Å². The van der Waals surface area contributed by atoms with Gasteiger partial charge in [0, 0.05) is 23.8 Å². The summed E-state index contributed by atoms with van der Waals surface area (Å²) in [7, 11) is 0. The molecule has 1 unspecified atom stereocenters. The van der Waals surface area contributed by atoms with Gasteiger partial charge in [-0.05, 0) is 42.7 Å². The Kier molecular flexibility index (Phi) is 6.62. The summed E-state index contributed by atoms with van der Waals surface area (Å²) < 4.78 is 0. The van der Waals surface area contributed by atoms with E-state index in [-0.39, 0.29) is 24.4 Å². The number of nitrogens with zero attached hydrogens (tertiary/aromatic N) is 1. The van der Waals surface area contributed by atoms with Crippen LogP contribution >= 0.6 is 12.4 Å². The third kappa shape index (κ3) is 4.41. The van der Waals surface area contributed by atoms with Crippen molar-refractivity contribution in [1.29, 1.82) is 0 Å². The SMILES string of the molecule is CC(C)c1ccc(C(N)CNC(=O)c2n[nH]c3c2CCCC3)cc1.Cl. The van der Waals surface area contributed by atoms with Crippen molar-refractivity contribution in [2.75, 3.05) is 6.54 Å². The number of carbonyl (C=O) groups excluding carboxylic acids is 1. The van der Waals surface area contributed by atoms with E-state index in [1.807, 2.05) is 12.1 Å². The lowest BCUT2D eigenvalue weighted by molar-refractivity contribution is 0.0945. The van der Waals surface area contributed by atoms with Crippen molar-refractivity contribution in [3.8, 4) is 0 Å². The molecule has 136 valence electrons. The van der Waals surface area contributed by atoms with Gasteiger partial charge < -0.3 is 11.1 Å². The van der Waals surface area contributed by atoms with Crippen LogP contribution in [0.25, 0.3) is 0 Å². The van der Waals surface area contributed by atoms with Crippen LogP contribution in [0.3, 0.4) is 0 Å². The molecule has 1 aliphatic carbocycles. The Bertz CT molecular complexity index is 709. The molecule has 1 amide bonds. The van der Waals surface area contributed by atoms with E-state index in [9.17, 15) is 4.79 Å². The summed E-state index contributed by atoms with van der Waals surface area (Å²) in [6.45, 7) is 4.74. The van der Waals surface area contributed by atoms with Crippen LogP contribution in [0.1, 0.15) is 71.5 Å². The molecule has 2 aromatic rings. The van der Waals surface area contributed by atoms with Gasteiger partial charge in [0.2, 0.25) is 0 Å². The quantitative estimate of drug-likeness (QED) is 0.763. The fourth-order valence-electron chi connectivity index (χ4n) is 3.20. The second-order valence-electron chi connectivity index (χ2n) is 6.87. The van der Waals surface area contributed by atoms with E-state index in [1.165, 1.54) is 5.56 Å². The molecule has 6 heteroatoms. The fraction of sp³-hybridized carbons (Fsp3) is 0.474. The number of H-pyrrole nitrogens is 1. The van der Waals surface area contributed by atoms with Crippen molar-refractivity contribution in [3.05, 3.63) is 52.3 Å². The van der Waals surface area contributed by atoms with Gasteiger partial charge in [0.15, 0.2) is 5.69 Å². The lowest BCUT2D eigenvalue weighted by atomic mass is 9.95. The van der Waals surface area contributed by atoms with Crippen molar-refractivity contribution in [3.63, 3.8) is 0 Å². The minimum absolute atomic E-state index is 0. The number of halogens is 1. The molecule has 1 aliphatic rings. The molecule has 4 N–H and O–H groups in total. The van der Waals surface area contributed by atoms with Crippen LogP contribution in [0.15, 0.2) is 24.3 Å². The van der Waals surface area contributed by atoms with E-state index in [0.29, 0.717) is 18.2 Å². The van der Waals surface area contributed by atoms with Gasteiger partial charge >= 0.3 is 0 Å². The zero-order valence-electron chi connectivity index (χ0n) is 14.8. The Morgan fingerprint density at radius 2 is 1.84 bits per heavy atom. The number of aryl methyl sites for hydroxylation is 1. The molecule has 0 bridgehead atoms. The van der Waals surface area contributed by atoms with Gasteiger partial charge in [0.25, 0.3) is 5.91 Å². The molecule has 1 heterocycles. The van der Waals surface area contributed by atoms with Crippen LogP contribution in [0.5, 0.6) is 0 Å². The Hall–Kier alpha value is -1.85. The molecule has 25 heavy (non-hydrogen) atoms. The van der Waals surface area contributed by atoms with Gasteiger partial charge in [-0.25, -0.2) is 0 Å². The van der Waals surface area contributed by atoms with Gasteiger partial charge in [-0.15, -0.1) is 12.4 Å². The third-order valence-corrected chi connectivity index (χ3v) is 4.79. The highest BCUT2D eigenvalue weighted by Crippen LogP contribution is 2.22. The lowest BCUT2D eigenvalue weighted by Crippen LogP contribution is -2.32. The summed E-state index contributed by atoms with van der Waals surface area (Å²) in [5.74, 6) is 0.365. The molecule has 0 saturated carbocycles. The summed E-state index contributed by atoms with van der Waals surface area (Å²) in [6, 6.07) is 8.08. The number of hydrogen-bond donors (Lipinski definition) is 3. The number of aromatic nitrogens is 2. The standard InChI is InChI=1S/C19H26N4O.ClH/c1-12(2)13-7-9-14(10-8-13)16(20)11-21-19(24)18-15-5-3-4-6-17(15)22-23-18;/h7-10,12,16H,3-6,11,20H2,1-2H3,(H,21,24)(H,22,23);1H. The van der Waals surface area contributed by atoms with E-state index in [2.05, 4.69) is 41.5 Å². The van der Waals surface area contributed by atoms with Crippen LogP contribution in [0, 0.1) is 0 Å². The van der Waals surface area contributed by atoms with Gasteiger partial charge in [-0.1, -0.05) is 38.1 Å². The maximum Gasteiger partial charge on any atom is 0.272 e. The van der Waals surface area contributed by atoms with Crippen LogP contribution in [-0.2, 0) is 12.8 Å². The minimum atomic E-state index is -0.218. The van der Waals surface area contributed by atoms with Gasteiger partial charge in [-0.2, -0.15) is 5.10 Å². The van der Waals surface area contributed by atoms with Gasteiger partial charge in [0.05, 0.1) is 0 Å². The molecule has 0 saturated heterocycles. The molecule has 0 radical (unpaired) electrons. The fourth-order valence-corrected chi connectivity index (χ4v) is 3.20. The number of aromatic amines is 1. The largest absolute Gasteiger partial charge is 0.349 e. The average Bonchev–Trinajstić information content (AvgIpc) is 3.03. The Morgan fingerprint density at radius 3 is 2.52 bits per heavy atom. The molecule has 1 aromatic carbocycles. The Labute approximate surface area is 155 Å². The van der Waals surface area contributed by atoms with Crippen molar-refractivity contribution in [2.24, 2.45) is 5.73 Å². The van der Waals surface area contributed by atoms with E-state index >= 15 is 0 Å². The maximum atomic E-state index is 12.4. The molecule has 0 fully saturated rings. The summed E-state index contributed by atoms with van der Waals surface area (Å²) in [6.07, 6.45) is 4.19. The lowest BCUT2D eigenvalue weighted by Gasteiger charge is -2.15. The Morgan fingerprint density at radius 1 is 1.20 bits per heavy atom. The first-order valence-electron chi connectivity index (χ1n) is 8.76. The molecule has 1 atom stereocenters. The number of nitrogens with one attached hydrogen (secondary N) is 2. The first-order chi connectivity index (χ1) is 11.6. The van der Waals surface area contributed by atoms with E-state index < -0.39 is 0 Å². The minimum Gasteiger partial charge on any atom is -0.349 e. The van der Waals surface area contributed by atoms with E-state index in [4.69, 9.17) is 5.73 Å². The van der Waals surface area contributed by atoms with Crippen LogP contribution in [-0.4, -0.2) is 22.6 Å². The predicted octanol–water partition coefficient (Wildman–Crippen LogP) is 3.26. The number of hydrogen-bond acceptors (Lipinski definition) is 3. The number of amides is 1. The maximum absolute atomic E-state index is 12.4. The van der Waals surface area contributed by atoms with Crippen molar-refractivity contribution in [2.45, 2.75) is 51.5 Å². The predicted molar refractivity (Wildman–Crippen MR) is 102 cm³/mol. The molecule has 1 aromatic heterocycles. The summed E-state index contributed by atoms with van der Waals surface area (Å²) in [5.41, 5.74) is 11.3. The summed E-state index contributed by atoms with van der Waals surface area (Å²) in [4.78, 5) is 12.4. The topological polar surface area (TPSA) is 83.8 Å². The van der Waals surface area contributed by atoms with Crippen molar-refractivity contribution in [1.82, 2.24) is 15.5 Å². The van der Waals surface area contributed by atoms with Gasteiger partial charge in [0.1, 0.15) is 0 Å². The highest BCUT2D eigenvalue weighted by molar-refractivity contribution is 5.94. The van der Waals surface area contributed by atoms with E-state index in [1.54, 1.807) is 0 Å². The number of nitrogens with two attached hydrogens (primary N) is 1. The molecule has 0 spiro atoms. The zero-order chi connectivity index (χ0) is 17.1. The normalized spacial score (nSPS) is 14.6. The number of carbonyl (C=O) groups is 1. The second-order valence-corrected chi connectivity index (χ2v) is 6.87. The van der Waals surface area contributed by atoms with Crippen molar-refractivity contribution < 1.29 is 4.79 Å². The average molecular weight is 363 g/mol. The summed E-state index contributed by atoms with van der Waals surface area (Å²) >= 11 is 0. The van der Waals surface area contributed by atoms with Crippen LogP contribution in [0.2, 0.25) is 0 Å². The zero-order valence-corrected chi connectivity index (χ0v) is 15.7. The molecule has 5 nitrogen and oxygen atoms in total. The molecular formula is C19H27ClN4O. The highest BCUT2D eigenvalue weighted by Gasteiger charge is 2.21. The number of fused-ring (bicyclic) bond motifs is 1. The second kappa shape index (κ2) is 8.50. The van der Waals surface area contributed by atoms with Crippen LogP contribution < -0.4 is 11.1 Å². The van der Waals surface area contributed by atoms with E-state index in [0.717, 1.165) is 42.5 Å². The number of benzene rings is 1. The first kappa shape index (κ1) is 19.5. The number of rotatable bonds is 5. The first-order valence-corrected chi connectivity index (χ1v) is 8.76. The van der Waals surface area contributed by atoms with Gasteiger partial charge in [-0.3, -0.25) is 9.89 Å². The molecule has 0 aliphatic heterocycles. The monoisotopic (exact) mass is 362 g/mol. The van der Waals surface area contributed by atoms with Crippen LogP contribution in [0.4, 0.5) is 0 Å². The molecular weight excluding hydrogens is 336 g/mol.